The van der Waals surface area contributed by atoms with Gasteiger partial charge in [0.05, 0.1) is 5.41 Å². The van der Waals surface area contributed by atoms with Gasteiger partial charge >= 0.3 is 0 Å². The normalized spacial score (nSPS) is 14.0. The highest BCUT2D eigenvalue weighted by Crippen LogP contribution is 2.64. The molecule has 0 bridgehead atoms. The van der Waals surface area contributed by atoms with Gasteiger partial charge in [-0.25, -0.2) is 0 Å². The number of allylic oxidation sites excluding steroid dienone is 3. The van der Waals surface area contributed by atoms with Crippen molar-refractivity contribution in [2.75, 3.05) is 4.90 Å². The first-order valence-electron chi connectivity index (χ1n) is 23.3. The fraction of sp³-hybridized carbons (Fsp3) is 0.108. The molecule has 0 aliphatic heterocycles. The van der Waals surface area contributed by atoms with E-state index in [4.69, 9.17) is 0 Å². The molecule has 9 aromatic carbocycles. The van der Waals surface area contributed by atoms with E-state index in [1.54, 1.807) is 0 Å². The molecule has 12 rings (SSSR count). The second-order valence-corrected chi connectivity index (χ2v) is 18.3. The number of hydrogen-bond acceptors (Lipinski definition) is 1. The number of rotatable bonds is 6. The van der Waals surface area contributed by atoms with Gasteiger partial charge in [-0.05, 0) is 175 Å². The van der Waals surface area contributed by atoms with Crippen molar-refractivity contribution in [1.82, 2.24) is 0 Å². The van der Waals surface area contributed by atoms with Crippen LogP contribution in [0.3, 0.4) is 0 Å². The third-order valence-electron chi connectivity index (χ3n) is 14.5. The Hall–Kier alpha value is -7.74. The van der Waals surface area contributed by atoms with E-state index in [-0.39, 0.29) is 5.41 Å². The molecule has 0 unspecified atom stereocenters. The van der Waals surface area contributed by atoms with E-state index in [1.165, 1.54) is 94.2 Å². The van der Waals surface area contributed by atoms with Crippen LogP contribution >= 0.6 is 0 Å². The van der Waals surface area contributed by atoms with Gasteiger partial charge in [-0.15, -0.1) is 0 Å². The van der Waals surface area contributed by atoms with Crippen molar-refractivity contribution >= 4 is 40.0 Å². The Kier molecular flexibility index (Phi) is 9.97. The molecular weight excluding hydrogens is 795 g/mol. The summed E-state index contributed by atoms with van der Waals surface area (Å²) >= 11 is 0. The SMILES string of the molecule is C/C=C\C.C=Cc1cc(-c2ccc(N(c3ccc4c(c3)C(C)(C)c3ccccc3-4)c3ccc4c(c3)C3(c5ccccc5-c5ccccc53)c3cc5ccccc5cc3-4)cc2)ccc1/C=C\C. The van der Waals surface area contributed by atoms with E-state index < -0.39 is 5.41 Å². The molecule has 1 spiro atoms. The summed E-state index contributed by atoms with van der Waals surface area (Å²) in [5, 5.41) is 2.53. The first-order chi connectivity index (χ1) is 32.3. The van der Waals surface area contributed by atoms with Crippen LogP contribution < -0.4 is 4.90 Å². The van der Waals surface area contributed by atoms with Crippen LogP contribution in [-0.4, -0.2) is 0 Å². The molecule has 0 amide bonds. The van der Waals surface area contributed by atoms with Crippen molar-refractivity contribution in [1.29, 1.82) is 0 Å². The Labute approximate surface area is 390 Å². The van der Waals surface area contributed by atoms with Crippen LogP contribution in [0, 0.1) is 0 Å². The minimum absolute atomic E-state index is 0.137. The Bertz CT molecular complexity index is 3400. The first kappa shape index (κ1) is 41.0. The zero-order valence-electron chi connectivity index (χ0n) is 38.4. The summed E-state index contributed by atoms with van der Waals surface area (Å²) in [6.45, 7) is 14.9. The van der Waals surface area contributed by atoms with Crippen molar-refractivity contribution in [3.8, 4) is 44.5 Å². The van der Waals surface area contributed by atoms with Gasteiger partial charge in [-0.2, -0.15) is 0 Å². The van der Waals surface area contributed by atoms with Crippen molar-refractivity contribution < 1.29 is 0 Å². The van der Waals surface area contributed by atoms with Crippen molar-refractivity contribution in [3.05, 3.63) is 257 Å². The molecule has 1 heteroatoms. The number of fused-ring (bicyclic) bond motifs is 14. The molecule has 0 heterocycles. The second kappa shape index (κ2) is 16.1. The monoisotopic (exact) mass is 847 g/mol. The van der Waals surface area contributed by atoms with Gasteiger partial charge in [0, 0.05) is 22.5 Å². The number of anilines is 3. The topological polar surface area (TPSA) is 3.24 Å². The van der Waals surface area contributed by atoms with Gasteiger partial charge in [0.1, 0.15) is 0 Å². The van der Waals surface area contributed by atoms with Crippen LogP contribution in [0.4, 0.5) is 17.1 Å². The molecule has 318 valence electrons. The summed E-state index contributed by atoms with van der Waals surface area (Å²) in [6, 6.07) is 71.0. The molecule has 66 heavy (non-hydrogen) atoms. The maximum absolute atomic E-state index is 4.12. The maximum atomic E-state index is 4.12. The Balaban J connectivity index is 0.00000116. The zero-order valence-corrected chi connectivity index (χ0v) is 38.4. The first-order valence-corrected chi connectivity index (χ1v) is 23.3. The van der Waals surface area contributed by atoms with Gasteiger partial charge in [0.25, 0.3) is 0 Å². The summed E-state index contributed by atoms with van der Waals surface area (Å²) < 4.78 is 0. The molecule has 3 aliphatic rings. The molecule has 0 aromatic heterocycles. The van der Waals surface area contributed by atoms with Crippen LogP contribution in [0.25, 0.3) is 67.4 Å². The molecule has 0 atom stereocenters. The van der Waals surface area contributed by atoms with Gasteiger partial charge in [0.15, 0.2) is 0 Å². The minimum atomic E-state index is -0.475. The molecule has 0 fully saturated rings. The number of benzene rings is 9. The highest BCUT2D eigenvalue weighted by Gasteiger charge is 2.52. The van der Waals surface area contributed by atoms with E-state index in [2.05, 4.69) is 232 Å². The largest absolute Gasteiger partial charge is 0.310 e. The molecule has 0 saturated heterocycles. The van der Waals surface area contributed by atoms with E-state index in [0.717, 1.165) is 22.6 Å². The van der Waals surface area contributed by atoms with Crippen LogP contribution in [0.15, 0.2) is 213 Å². The molecule has 3 aliphatic carbocycles. The molecule has 9 aromatic rings. The fourth-order valence-corrected chi connectivity index (χ4v) is 11.3. The van der Waals surface area contributed by atoms with Crippen molar-refractivity contribution in [3.63, 3.8) is 0 Å². The van der Waals surface area contributed by atoms with Crippen molar-refractivity contribution in [2.45, 2.75) is 45.4 Å². The van der Waals surface area contributed by atoms with Gasteiger partial charge in [0.2, 0.25) is 0 Å². The average Bonchev–Trinajstić information content (AvgIpc) is 3.91. The van der Waals surface area contributed by atoms with Crippen LogP contribution in [0.1, 0.15) is 79.1 Å². The smallest absolute Gasteiger partial charge is 0.0726 e. The quantitative estimate of drug-likeness (QED) is 0.151. The average molecular weight is 848 g/mol. The van der Waals surface area contributed by atoms with Crippen LogP contribution in [0.5, 0.6) is 0 Å². The third kappa shape index (κ3) is 6.14. The summed E-state index contributed by atoms with van der Waals surface area (Å²) in [5.74, 6) is 0. The van der Waals surface area contributed by atoms with E-state index in [0.29, 0.717) is 0 Å². The Morgan fingerprint density at radius 2 is 0.864 bits per heavy atom. The standard InChI is InChI=1S/C61H45N.C4H8/c1-5-15-40-24-25-44(34-39(40)6-2)41-26-28-45(29-27-41)62(46-30-32-51-48-18-9-12-21-54(48)60(3,4)57(51)37-46)47-31-33-52-53-35-42-16-7-8-17-43(42)36-58(53)61(59(52)38-47)55-22-13-10-19-49(55)50-20-11-14-23-56(50)61;1-3-4-2/h5-38H,2H2,1,3-4H3;3-4H,1-2H3/b15-5-;4-3-. The zero-order chi connectivity index (χ0) is 45.2. The summed E-state index contributed by atoms with van der Waals surface area (Å²) in [7, 11) is 0. The lowest BCUT2D eigenvalue weighted by atomic mass is 9.70. The summed E-state index contributed by atoms with van der Waals surface area (Å²) in [5.41, 5.74) is 23.4. The van der Waals surface area contributed by atoms with Crippen LogP contribution in [0.2, 0.25) is 0 Å². The van der Waals surface area contributed by atoms with Crippen molar-refractivity contribution in [2.24, 2.45) is 0 Å². The van der Waals surface area contributed by atoms with Gasteiger partial charge in [-0.3, -0.25) is 0 Å². The third-order valence-corrected chi connectivity index (χ3v) is 14.5. The lowest BCUT2D eigenvalue weighted by Crippen LogP contribution is -2.26. The summed E-state index contributed by atoms with van der Waals surface area (Å²) in [4.78, 5) is 2.48. The maximum Gasteiger partial charge on any atom is 0.0726 e. The minimum Gasteiger partial charge on any atom is -0.310 e. The highest BCUT2D eigenvalue weighted by atomic mass is 15.1. The molecular formula is C65H53N. The number of hydrogen-bond donors (Lipinski definition) is 0. The second-order valence-electron chi connectivity index (χ2n) is 18.3. The summed E-state index contributed by atoms with van der Waals surface area (Å²) in [6.07, 6.45) is 10.2. The molecule has 0 saturated carbocycles. The highest BCUT2D eigenvalue weighted by molar-refractivity contribution is 6.01. The Morgan fingerprint density at radius 3 is 1.47 bits per heavy atom. The van der Waals surface area contributed by atoms with Crippen LogP contribution in [-0.2, 0) is 10.8 Å². The molecule has 1 nitrogen and oxygen atoms in total. The predicted octanol–water partition coefficient (Wildman–Crippen LogP) is 17.9. The lowest BCUT2D eigenvalue weighted by molar-refractivity contribution is 0.660. The van der Waals surface area contributed by atoms with E-state index >= 15 is 0 Å². The molecule has 0 radical (unpaired) electrons. The van der Waals surface area contributed by atoms with Gasteiger partial charge < -0.3 is 4.90 Å². The van der Waals surface area contributed by atoms with Gasteiger partial charge in [-0.1, -0.05) is 184 Å². The van der Waals surface area contributed by atoms with E-state index in [1.807, 2.05) is 32.1 Å². The Morgan fingerprint density at radius 1 is 0.379 bits per heavy atom. The fourth-order valence-electron chi connectivity index (χ4n) is 11.3. The van der Waals surface area contributed by atoms with E-state index in [9.17, 15) is 0 Å². The molecule has 0 N–H and O–H groups in total. The number of nitrogens with zero attached hydrogens (tertiary/aromatic N) is 1. The predicted molar refractivity (Wildman–Crippen MR) is 283 cm³/mol. The lowest BCUT2D eigenvalue weighted by Gasteiger charge is -2.32.